The second kappa shape index (κ2) is 34.0. The summed E-state index contributed by atoms with van der Waals surface area (Å²) in [5.41, 5.74) is 0. The molecule has 8 nitrogen and oxygen atoms in total. The third kappa shape index (κ3) is 35.6. The van der Waals surface area contributed by atoms with Crippen LogP contribution in [-0.4, -0.2) is 68.5 Å². The molecule has 0 aliphatic heterocycles. The molecule has 0 aromatic carbocycles. The van der Waals surface area contributed by atoms with Crippen molar-refractivity contribution in [1.29, 1.82) is 0 Å². The number of nitrogens with zero attached hydrogens (tertiary/aromatic N) is 1. The number of nitrogens with one attached hydrogen (secondary N) is 1. The summed E-state index contributed by atoms with van der Waals surface area (Å²) in [7, 11) is 1.30. The molecule has 0 aliphatic rings. The molecule has 9 heteroatoms. The van der Waals surface area contributed by atoms with Gasteiger partial charge in [0.1, 0.15) is 13.2 Å². The standard InChI is InChI=1S/C41H83N2O6P/c1-6-8-10-12-13-14-15-16-17-18-19-20-21-22-23-24-25-26-27-28-29-31-33-35-41(45)42-39(40(44)34-32-30-11-9-7-2)38-49-50(46,47)48-37-36-43(3,4)5/h18-19,39-40,44H,6-17,20-38H2,1-5H3,(H-,42,45,46,47)/b19-18-. The number of carbonyl (C=O) groups is 1. The van der Waals surface area contributed by atoms with E-state index in [1.165, 1.54) is 116 Å². The number of aliphatic hydroxyl groups excluding tert-OH is 1. The van der Waals surface area contributed by atoms with Crippen LogP contribution < -0.4 is 10.2 Å². The maximum Gasteiger partial charge on any atom is 0.268 e. The fourth-order valence-electron chi connectivity index (χ4n) is 6.09. The van der Waals surface area contributed by atoms with Crippen molar-refractivity contribution in [2.75, 3.05) is 40.9 Å². The number of rotatable bonds is 38. The summed E-state index contributed by atoms with van der Waals surface area (Å²) in [4.78, 5) is 25.1. The molecule has 2 N–H and O–H groups in total. The zero-order valence-corrected chi connectivity index (χ0v) is 34.5. The summed E-state index contributed by atoms with van der Waals surface area (Å²) >= 11 is 0. The Labute approximate surface area is 310 Å². The Morgan fingerprint density at radius 1 is 0.680 bits per heavy atom. The molecule has 0 spiro atoms. The third-order valence-electron chi connectivity index (χ3n) is 9.50. The molecule has 0 rings (SSSR count). The van der Waals surface area contributed by atoms with E-state index in [0.29, 0.717) is 23.9 Å². The van der Waals surface area contributed by atoms with Crippen LogP contribution >= 0.6 is 7.82 Å². The van der Waals surface area contributed by atoms with Gasteiger partial charge in [-0.05, 0) is 38.5 Å². The molecule has 0 aromatic heterocycles. The van der Waals surface area contributed by atoms with Gasteiger partial charge in [-0.25, -0.2) is 0 Å². The van der Waals surface area contributed by atoms with Crippen LogP contribution in [0.3, 0.4) is 0 Å². The number of aliphatic hydroxyl groups is 1. The average Bonchev–Trinajstić information content (AvgIpc) is 3.06. The monoisotopic (exact) mass is 731 g/mol. The molecule has 0 saturated heterocycles. The lowest BCUT2D eigenvalue weighted by Gasteiger charge is -2.30. The van der Waals surface area contributed by atoms with E-state index >= 15 is 0 Å². The highest BCUT2D eigenvalue weighted by atomic mass is 31.2. The van der Waals surface area contributed by atoms with E-state index in [1.54, 1.807) is 0 Å². The smallest absolute Gasteiger partial charge is 0.268 e. The molecule has 0 bridgehead atoms. The highest BCUT2D eigenvalue weighted by molar-refractivity contribution is 7.45. The van der Waals surface area contributed by atoms with Gasteiger partial charge in [0, 0.05) is 6.42 Å². The molecule has 0 fully saturated rings. The number of phosphoric acid groups is 1. The van der Waals surface area contributed by atoms with Crippen LogP contribution in [0.1, 0.15) is 194 Å². The predicted molar refractivity (Wildman–Crippen MR) is 210 cm³/mol. The Kier molecular flexibility index (Phi) is 33.5. The maximum atomic E-state index is 12.7. The number of likely N-dealkylation sites (N-methyl/N-ethyl adjacent to an activating group) is 1. The van der Waals surface area contributed by atoms with Gasteiger partial charge in [0.05, 0.1) is 39.9 Å². The van der Waals surface area contributed by atoms with Crippen molar-refractivity contribution in [2.45, 2.75) is 206 Å². The van der Waals surface area contributed by atoms with E-state index in [1.807, 2.05) is 21.1 Å². The Balaban J connectivity index is 4.02. The average molecular weight is 731 g/mol. The first-order valence-electron chi connectivity index (χ1n) is 21.0. The summed E-state index contributed by atoms with van der Waals surface area (Å²) in [5.74, 6) is -0.172. The van der Waals surface area contributed by atoms with Gasteiger partial charge < -0.3 is 28.8 Å². The zero-order valence-electron chi connectivity index (χ0n) is 33.6. The minimum atomic E-state index is -4.54. The van der Waals surface area contributed by atoms with Crippen LogP contribution in [-0.2, 0) is 18.4 Å². The molecule has 3 atom stereocenters. The van der Waals surface area contributed by atoms with E-state index in [2.05, 4.69) is 31.3 Å². The van der Waals surface area contributed by atoms with Crippen LogP contribution in [0.25, 0.3) is 0 Å². The van der Waals surface area contributed by atoms with Crippen molar-refractivity contribution in [2.24, 2.45) is 0 Å². The number of quaternary nitrogens is 1. The van der Waals surface area contributed by atoms with Crippen LogP contribution in [0.5, 0.6) is 0 Å². The number of carbonyl (C=O) groups excluding carboxylic acids is 1. The number of hydrogen-bond donors (Lipinski definition) is 2. The van der Waals surface area contributed by atoms with Crippen LogP contribution in [0.2, 0.25) is 0 Å². The number of phosphoric ester groups is 1. The third-order valence-corrected chi connectivity index (χ3v) is 10.5. The minimum Gasteiger partial charge on any atom is -0.756 e. The molecule has 0 saturated carbocycles. The highest BCUT2D eigenvalue weighted by Crippen LogP contribution is 2.38. The van der Waals surface area contributed by atoms with Gasteiger partial charge in [0.25, 0.3) is 7.82 Å². The summed E-state index contributed by atoms with van der Waals surface area (Å²) in [6.45, 7) is 4.62. The molecular formula is C41H83N2O6P. The maximum absolute atomic E-state index is 12.7. The molecule has 0 aromatic rings. The zero-order chi connectivity index (χ0) is 37.2. The summed E-state index contributed by atoms with van der Waals surface area (Å²) in [5, 5.41) is 13.7. The van der Waals surface area contributed by atoms with Crippen molar-refractivity contribution >= 4 is 13.7 Å². The molecular weight excluding hydrogens is 647 g/mol. The highest BCUT2D eigenvalue weighted by Gasteiger charge is 2.24. The van der Waals surface area contributed by atoms with E-state index < -0.39 is 20.0 Å². The Hall–Kier alpha value is -0.760. The van der Waals surface area contributed by atoms with Gasteiger partial charge in [-0.2, -0.15) is 0 Å². The fraction of sp³-hybridized carbons (Fsp3) is 0.927. The minimum absolute atomic E-state index is 0.0127. The lowest BCUT2D eigenvalue weighted by atomic mass is 10.0. The molecule has 1 amide bonds. The lowest BCUT2D eigenvalue weighted by Crippen LogP contribution is -2.46. The SMILES string of the molecule is CCCCCCCCCC/C=C\CCCCCCCCCCCCCC(=O)NC(COP(=O)([O-])OCC[N+](C)(C)C)C(O)CCCCCCC. The number of amides is 1. The lowest BCUT2D eigenvalue weighted by molar-refractivity contribution is -0.870. The summed E-state index contributed by atoms with van der Waals surface area (Å²) in [6, 6.07) is -0.793. The molecule has 0 aliphatic carbocycles. The largest absolute Gasteiger partial charge is 0.756 e. The second-order valence-electron chi connectivity index (χ2n) is 15.7. The molecule has 3 unspecified atom stereocenters. The Morgan fingerprint density at radius 3 is 1.56 bits per heavy atom. The topological polar surface area (TPSA) is 108 Å². The summed E-state index contributed by atoms with van der Waals surface area (Å²) < 4.78 is 23.0. The van der Waals surface area contributed by atoms with Gasteiger partial charge in [0.15, 0.2) is 0 Å². The fourth-order valence-corrected chi connectivity index (χ4v) is 6.81. The molecule has 298 valence electrons. The Bertz CT molecular complexity index is 834. The van der Waals surface area contributed by atoms with Gasteiger partial charge in [0.2, 0.25) is 5.91 Å². The van der Waals surface area contributed by atoms with E-state index in [-0.39, 0.29) is 19.1 Å². The van der Waals surface area contributed by atoms with Crippen molar-refractivity contribution in [3.8, 4) is 0 Å². The Morgan fingerprint density at radius 2 is 1.10 bits per heavy atom. The molecule has 50 heavy (non-hydrogen) atoms. The number of allylic oxidation sites excluding steroid dienone is 2. The first kappa shape index (κ1) is 49.2. The number of hydrogen-bond acceptors (Lipinski definition) is 6. The van der Waals surface area contributed by atoms with Crippen molar-refractivity contribution in [3.63, 3.8) is 0 Å². The van der Waals surface area contributed by atoms with Crippen molar-refractivity contribution in [1.82, 2.24) is 5.32 Å². The quantitative estimate of drug-likeness (QED) is 0.0283. The van der Waals surface area contributed by atoms with Crippen LogP contribution in [0, 0.1) is 0 Å². The predicted octanol–water partition coefficient (Wildman–Crippen LogP) is 10.6. The van der Waals surface area contributed by atoms with E-state index in [9.17, 15) is 19.4 Å². The second-order valence-corrected chi connectivity index (χ2v) is 17.1. The van der Waals surface area contributed by atoms with Gasteiger partial charge in [-0.15, -0.1) is 0 Å². The van der Waals surface area contributed by atoms with Gasteiger partial charge in [-0.3, -0.25) is 9.36 Å². The van der Waals surface area contributed by atoms with Gasteiger partial charge in [-0.1, -0.05) is 161 Å². The first-order chi connectivity index (χ1) is 24.0. The first-order valence-corrected chi connectivity index (χ1v) is 22.5. The van der Waals surface area contributed by atoms with Crippen molar-refractivity contribution < 1.29 is 32.9 Å². The molecule has 0 radical (unpaired) electrons. The van der Waals surface area contributed by atoms with Crippen LogP contribution in [0.15, 0.2) is 12.2 Å². The molecule has 0 heterocycles. The summed E-state index contributed by atoms with van der Waals surface area (Å²) in [6.07, 6.45) is 36.9. The van der Waals surface area contributed by atoms with Crippen LogP contribution in [0.4, 0.5) is 0 Å². The normalized spacial score (nSPS) is 14.6. The number of unbranched alkanes of at least 4 members (excludes halogenated alkanes) is 23. The van der Waals surface area contributed by atoms with Gasteiger partial charge >= 0.3 is 0 Å². The van der Waals surface area contributed by atoms with E-state index in [0.717, 1.165) is 51.4 Å². The van der Waals surface area contributed by atoms with E-state index in [4.69, 9.17) is 9.05 Å². The van der Waals surface area contributed by atoms with Crippen molar-refractivity contribution in [3.05, 3.63) is 12.2 Å².